The van der Waals surface area contributed by atoms with E-state index in [-0.39, 0.29) is 11.4 Å². The van der Waals surface area contributed by atoms with Crippen molar-refractivity contribution in [1.82, 2.24) is 4.57 Å². The number of para-hydroxylation sites is 1. The third-order valence-corrected chi connectivity index (χ3v) is 4.64. The first-order valence-electron chi connectivity index (χ1n) is 8.74. The number of hydrogen-bond acceptors (Lipinski definition) is 4. The Hall–Kier alpha value is -3.88. The molecule has 6 nitrogen and oxygen atoms in total. The molecule has 0 amide bonds. The maximum absolute atomic E-state index is 13.8. The average Bonchev–Trinajstić information content (AvgIpc) is 3.00. The molecule has 3 aromatic carbocycles. The Balaban J connectivity index is 2.08. The van der Waals surface area contributed by atoms with Crippen molar-refractivity contribution in [3.8, 4) is 11.4 Å². The van der Waals surface area contributed by atoms with Gasteiger partial charge in [-0.25, -0.2) is 0 Å². The molecular weight excluding hydrogens is 401 g/mol. The molecular formula is C21H13F3N2O4. The van der Waals surface area contributed by atoms with Crippen molar-refractivity contribution in [2.24, 2.45) is 0 Å². The summed E-state index contributed by atoms with van der Waals surface area (Å²) in [7, 11) is 0. The summed E-state index contributed by atoms with van der Waals surface area (Å²) in [5.41, 5.74) is -1.09. The molecule has 1 heterocycles. The Bertz CT molecular complexity index is 1330. The van der Waals surface area contributed by atoms with Gasteiger partial charge in [-0.05, 0) is 30.3 Å². The van der Waals surface area contributed by atoms with Crippen molar-refractivity contribution >= 4 is 33.5 Å². The number of hydrogen-bond donors (Lipinski definition) is 0. The second kappa shape index (κ2) is 6.87. The van der Waals surface area contributed by atoms with Gasteiger partial charge in [-0.1, -0.05) is 18.2 Å². The summed E-state index contributed by atoms with van der Waals surface area (Å²) in [5.74, 6) is -0.259. The lowest BCUT2D eigenvalue weighted by molar-refractivity contribution is -0.385. The number of halogens is 3. The summed E-state index contributed by atoms with van der Waals surface area (Å²) >= 11 is 0. The SMILES string of the molecule is CC(=O)Oc1ccc2c(c1)c1ccccc1n2-c1ccc([N+](=O)[O-])cc1C(F)(F)F. The summed E-state index contributed by atoms with van der Waals surface area (Å²) in [6, 6.07) is 14.1. The number of rotatable bonds is 3. The molecule has 0 fully saturated rings. The van der Waals surface area contributed by atoms with Gasteiger partial charge in [0.25, 0.3) is 5.69 Å². The number of aromatic nitrogens is 1. The zero-order valence-electron chi connectivity index (χ0n) is 15.4. The number of carbonyl (C=O) groups excluding carboxylic acids is 1. The zero-order valence-corrected chi connectivity index (χ0v) is 15.4. The smallest absolute Gasteiger partial charge is 0.418 e. The van der Waals surface area contributed by atoms with Crippen LogP contribution >= 0.6 is 0 Å². The first kappa shape index (κ1) is 19.4. The molecule has 152 valence electrons. The maximum atomic E-state index is 13.8. The van der Waals surface area contributed by atoms with Gasteiger partial charge in [0, 0.05) is 29.8 Å². The molecule has 0 aliphatic heterocycles. The number of nitro benzene ring substituents is 1. The third-order valence-electron chi connectivity index (χ3n) is 4.64. The number of carbonyl (C=O) groups is 1. The van der Waals surface area contributed by atoms with Crippen LogP contribution in [-0.2, 0) is 11.0 Å². The van der Waals surface area contributed by atoms with Crippen LogP contribution in [0.5, 0.6) is 5.75 Å². The van der Waals surface area contributed by atoms with E-state index in [1.54, 1.807) is 36.4 Å². The number of benzene rings is 3. The van der Waals surface area contributed by atoms with E-state index in [9.17, 15) is 28.1 Å². The second-order valence-corrected chi connectivity index (χ2v) is 6.58. The van der Waals surface area contributed by atoms with Crippen LogP contribution in [0.4, 0.5) is 18.9 Å². The fraction of sp³-hybridized carbons (Fsp3) is 0.0952. The summed E-state index contributed by atoms with van der Waals surface area (Å²) in [5, 5.41) is 12.2. The molecule has 4 rings (SSSR count). The fourth-order valence-electron chi connectivity index (χ4n) is 3.50. The van der Waals surface area contributed by atoms with Crippen LogP contribution in [0.15, 0.2) is 60.7 Å². The van der Waals surface area contributed by atoms with Gasteiger partial charge in [0.15, 0.2) is 0 Å². The van der Waals surface area contributed by atoms with Gasteiger partial charge < -0.3 is 9.30 Å². The number of esters is 1. The minimum Gasteiger partial charge on any atom is -0.427 e. The third kappa shape index (κ3) is 3.24. The molecule has 30 heavy (non-hydrogen) atoms. The van der Waals surface area contributed by atoms with Gasteiger partial charge >= 0.3 is 12.1 Å². The van der Waals surface area contributed by atoms with Crippen molar-refractivity contribution in [2.45, 2.75) is 13.1 Å². The topological polar surface area (TPSA) is 74.4 Å². The molecule has 0 spiro atoms. The van der Waals surface area contributed by atoms with Crippen LogP contribution in [0.3, 0.4) is 0 Å². The van der Waals surface area contributed by atoms with E-state index >= 15 is 0 Å². The summed E-state index contributed by atoms with van der Waals surface area (Å²) in [6.07, 6.45) is -4.81. The molecule has 9 heteroatoms. The van der Waals surface area contributed by atoms with Crippen LogP contribution in [0, 0.1) is 10.1 Å². The Morgan fingerprint density at radius 2 is 1.70 bits per heavy atom. The number of alkyl halides is 3. The Morgan fingerprint density at radius 1 is 1.00 bits per heavy atom. The summed E-state index contributed by atoms with van der Waals surface area (Å²) in [4.78, 5) is 21.4. The average molecular weight is 414 g/mol. The van der Waals surface area contributed by atoms with Crippen LogP contribution in [0.1, 0.15) is 12.5 Å². The number of nitrogens with zero attached hydrogens (tertiary/aromatic N) is 2. The molecule has 0 saturated carbocycles. The van der Waals surface area contributed by atoms with E-state index in [0.717, 1.165) is 12.1 Å². The molecule has 0 aliphatic rings. The minimum absolute atomic E-state index is 0.237. The summed E-state index contributed by atoms with van der Waals surface area (Å²) < 4.78 is 47.9. The standard InChI is InChI=1S/C21H13F3N2O4/c1-12(27)30-14-7-9-19-16(11-14)15-4-2-3-5-18(15)25(19)20-8-6-13(26(28)29)10-17(20)21(22,23)24/h2-11H,1H3. The van der Waals surface area contributed by atoms with E-state index in [2.05, 4.69) is 0 Å². The van der Waals surface area contributed by atoms with Crippen LogP contribution < -0.4 is 4.74 Å². The molecule has 0 bridgehead atoms. The lowest BCUT2D eigenvalue weighted by Crippen LogP contribution is -2.11. The molecule has 1 aromatic heterocycles. The van der Waals surface area contributed by atoms with Crippen LogP contribution in [-0.4, -0.2) is 15.5 Å². The number of ether oxygens (including phenoxy) is 1. The largest absolute Gasteiger partial charge is 0.427 e. The number of nitro groups is 1. The molecule has 4 aromatic rings. The molecule has 0 radical (unpaired) electrons. The van der Waals surface area contributed by atoms with Gasteiger partial charge in [-0.2, -0.15) is 13.2 Å². The van der Waals surface area contributed by atoms with Crippen LogP contribution in [0.25, 0.3) is 27.5 Å². The first-order chi connectivity index (χ1) is 14.2. The van der Waals surface area contributed by atoms with Crippen molar-refractivity contribution in [3.05, 3.63) is 76.3 Å². The van der Waals surface area contributed by atoms with Crippen molar-refractivity contribution < 1.29 is 27.6 Å². The lowest BCUT2D eigenvalue weighted by atomic mass is 10.1. The van der Waals surface area contributed by atoms with E-state index in [1.165, 1.54) is 17.6 Å². The Kier molecular flexibility index (Phi) is 4.45. The lowest BCUT2D eigenvalue weighted by Gasteiger charge is -2.15. The highest BCUT2D eigenvalue weighted by Gasteiger charge is 2.36. The molecule has 0 unspecified atom stereocenters. The van der Waals surface area contributed by atoms with Gasteiger partial charge in [-0.15, -0.1) is 0 Å². The van der Waals surface area contributed by atoms with Gasteiger partial charge in [-0.3, -0.25) is 14.9 Å². The normalized spacial score (nSPS) is 11.7. The van der Waals surface area contributed by atoms with E-state index in [4.69, 9.17) is 4.74 Å². The molecule has 0 atom stereocenters. The van der Waals surface area contributed by atoms with Gasteiger partial charge in [0.05, 0.1) is 27.2 Å². The van der Waals surface area contributed by atoms with E-state index in [1.807, 2.05) is 0 Å². The highest BCUT2D eigenvalue weighted by atomic mass is 19.4. The minimum atomic E-state index is -4.81. The predicted octanol–water partition coefficient (Wildman–Crippen LogP) is 5.64. The zero-order chi connectivity index (χ0) is 21.6. The first-order valence-corrected chi connectivity index (χ1v) is 8.74. The Labute approximate surface area is 167 Å². The second-order valence-electron chi connectivity index (χ2n) is 6.58. The fourth-order valence-corrected chi connectivity index (χ4v) is 3.50. The number of non-ortho nitro benzene ring substituents is 1. The van der Waals surface area contributed by atoms with Gasteiger partial charge in [0.1, 0.15) is 5.75 Å². The highest BCUT2D eigenvalue weighted by molar-refractivity contribution is 6.09. The molecule has 0 N–H and O–H groups in total. The number of fused-ring (bicyclic) bond motifs is 3. The van der Waals surface area contributed by atoms with Crippen molar-refractivity contribution in [1.29, 1.82) is 0 Å². The summed E-state index contributed by atoms with van der Waals surface area (Å²) in [6.45, 7) is 1.25. The predicted molar refractivity (Wildman–Crippen MR) is 104 cm³/mol. The molecule has 0 aliphatic carbocycles. The molecule has 0 saturated heterocycles. The maximum Gasteiger partial charge on any atom is 0.418 e. The Morgan fingerprint density at radius 3 is 2.37 bits per heavy atom. The van der Waals surface area contributed by atoms with Crippen molar-refractivity contribution in [3.63, 3.8) is 0 Å². The van der Waals surface area contributed by atoms with E-state index < -0.39 is 28.3 Å². The van der Waals surface area contributed by atoms with Gasteiger partial charge in [0.2, 0.25) is 0 Å². The quantitative estimate of drug-likeness (QED) is 0.188. The van der Waals surface area contributed by atoms with Crippen molar-refractivity contribution in [2.75, 3.05) is 0 Å². The van der Waals surface area contributed by atoms with E-state index in [0.29, 0.717) is 27.9 Å². The van der Waals surface area contributed by atoms with Crippen LogP contribution in [0.2, 0.25) is 0 Å². The monoisotopic (exact) mass is 414 g/mol. The highest BCUT2D eigenvalue weighted by Crippen LogP contribution is 2.40.